The Balaban J connectivity index is 1.45. The molecule has 2 bridgehead atoms. The number of allylic oxidation sites excluding steroid dienone is 2. The topological polar surface area (TPSA) is 21.7 Å². The van der Waals surface area contributed by atoms with Crippen molar-refractivity contribution < 1.29 is 9.47 Å². The largest absolute Gasteiger partial charge is 0.493 e. The van der Waals surface area contributed by atoms with E-state index in [0.29, 0.717) is 6.04 Å². The fraction of sp³-hybridized carbons (Fsp3) is 0.407. The molecule has 1 saturated carbocycles. The average molecular weight is 398 g/mol. The molecule has 2 aromatic rings. The van der Waals surface area contributed by atoms with E-state index < -0.39 is 0 Å². The maximum Gasteiger partial charge on any atom is 0.166 e. The van der Waals surface area contributed by atoms with E-state index >= 15 is 0 Å². The Morgan fingerprint density at radius 3 is 2.77 bits per heavy atom. The second-order valence-electron chi connectivity index (χ2n) is 9.62. The van der Waals surface area contributed by atoms with Crippen LogP contribution in [0.15, 0.2) is 60.2 Å². The van der Waals surface area contributed by atoms with Crippen LogP contribution in [0.1, 0.15) is 36.0 Å². The Morgan fingerprint density at radius 2 is 1.97 bits per heavy atom. The molecule has 0 N–H and O–H groups in total. The highest BCUT2D eigenvalue weighted by molar-refractivity contribution is 5.81. The highest BCUT2D eigenvalue weighted by atomic mass is 16.5. The minimum Gasteiger partial charge on any atom is -0.493 e. The smallest absolute Gasteiger partial charge is 0.166 e. The van der Waals surface area contributed by atoms with Crippen LogP contribution in [-0.4, -0.2) is 37.2 Å². The Kier molecular flexibility index (Phi) is 3.44. The summed E-state index contributed by atoms with van der Waals surface area (Å²) in [6.07, 6.45) is 9.87. The summed E-state index contributed by atoms with van der Waals surface area (Å²) in [5.41, 5.74) is 7.00. The molecule has 3 nitrogen and oxygen atoms in total. The van der Waals surface area contributed by atoms with E-state index in [0.717, 1.165) is 36.8 Å². The highest BCUT2D eigenvalue weighted by Gasteiger charge is 2.61. The lowest BCUT2D eigenvalue weighted by Crippen LogP contribution is -2.59. The van der Waals surface area contributed by atoms with Gasteiger partial charge in [0.2, 0.25) is 0 Å². The molecule has 0 aromatic heterocycles. The van der Waals surface area contributed by atoms with Crippen LogP contribution < -0.4 is 9.47 Å². The Bertz CT molecular complexity index is 1100. The first-order valence-electron chi connectivity index (χ1n) is 11.4. The molecule has 2 aliphatic heterocycles. The lowest BCUT2D eigenvalue weighted by atomic mass is 9.56. The first-order valence-corrected chi connectivity index (χ1v) is 11.4. The van der Waals surface area contributed by atoms with Gasteiger partial charge in [-0.05, 0) is 54.4 Å². The van der Waals surface area contributed by atoms with Gasteiger partial charge in [-0.2, -0.15) is 0 Å². The monoisotopic (exact) mass is 397 g/mol. The summed E-state index contributed by atoms with van der Waals surface area (Å²) in [5, 5.41) is 0. The molecule has 5 aliphatic rings. The fourth-order valence-electron chi connectivity index (χ4n) is 6.59. The SMILES string of the molecule is COc1ccc2c3c1O[C@H]1C(c4ccccc4)=CC=C4[C@@H](C2)N(CC2CC2)CC[C@]431. The van der Waals surface area contributed by atoms with Crippen molar-refractivity contribution in [3.8, 4) is 11.5 Å². The van der Waals surface area contributed by atoms with E-state index in [1.54, 1.807) is 12.7 Å². The zero-order valence-corrected chi connectivity index (χ0v) is 17.4. The van der Waals surface area contributed by atoms with Crippen molar-refractivity contribution in [2.45, 2.75) is 43.2 Å². The summed E-state index contributed by atoms with van der Waals surface area (Å²) in [6.45, 7) is 2.42. The quantitative estimate of drug-likeness (QED) is 0.743. The third-order valence-electron chi connectivity index (χ3n) is 8.10. The van der Waals surface area contributed by atoms with Gasteiger partial charge < -0.3 is 9.47 Å². The van der Waals surface area contributed by atoms with E-state index in [4.69, 9.17) is 9.47 Å². The van der Waals surface area contributed by atoms with Gasteiger partial charge in [-0.3, -0.25) is 4.90 Å². The van der Waals surface area contributed by atoms with Crippen LogP contribution >= 0.6 is 0 Å². The van der Waals surface area contributed by atoms with Gasteiger partial charge in [0, 0.05) is 30.3 Å². The molecular weight excluding hydrogens is 370 g/mol. The van der Waals surface area contributed by atoms with Gasteiger partial charge in [0.15, 0.2) is 11.5 Å². The van der Waals surface area contributed by atoms with Gasteiger partial charge in [-0.1, -0.05) is 48.6 Å². The molecule has 7 rings (SSSR count). The lowest BCUT2D eigenvalue weighted by Gasteiger charge is -2.54. The number of ether oxygens (including phenoxy) is 2. The summed E-state index contributed by atoms with van der Waals surface area (Å²) in [6, 6.07) is 15.7. The zero-order chi connectivity index (χ0) is 19.9. The van der Waals surface area contributed by atoms with E-state index in [9.17, 15) is 0 Å². The van der Waals surface area contributed by atoms with Crippen LogP contribution in [0.4, 0.5) is 0 Å². The van der Waals surface area contributed by atoms with Crippen molar-refractivity contribution in [2.24, 2.45) is 5.92 Å². The third-order valence-corrected chi connectivity index (χ3v) is 8.10. The van der Waals surface area contributed by atoms with Crippen LogP contribution in [0, 0.1) is 5.92 Å². The van der Waals surface area contributed by atoms with Crippen LogP contribution in [0.5, 0.6) is 11.5 Å². The number of piperidine rings is 1. The standard InChI is InChI=1S/C27H27NO2/c1-29-23-12-9-19-15-22-21-11-10-20(18-5-3-2-4-6-18)26-27(21,24(19)25(23)30-26)13-14-28(22)16-17-7-8-17/h2-6,9-12,17,22,26H,7-8,13-16H2,1H3/t22-,26+,27+/m1/s1. The van der Waals surface area contributed by atoms with Gasteiger partial charge in [0.25, 0.3) is 0 Å². The molecule has 3 aliphatic carbocycles. The van der Waals surface area contributed by atoms with Gasteiger partial charge in [0.05, 0.1) is 12.5 Å². The third kappa shape index (κ3) is 2.14. The number of rotatable bonds is 4. The first kappa shape index (κ1) is 17.2. The Hall–Kier alpha value is -2.52. The van der Waals surface area contributed by atoms with Gasteiger partial charge >= 0.3 is 0 Å². The van der Waals surface area contributed by atoms with E-state index in [1.165, 1.54) is 41.6 Å². The van der Waals surface area contributed by atoms with Gasteiger partial charge in [0.1, 0.15) is 6.10 Å². The van der Waals surface area contributed by atoms with Crippen molar-refractivity contribution in [1.29, 1.82) is 0 Å². The fourth-order valence-corrected chi connectivity index (χ4v) is 6.59. The first-order chi connectivity index (χ1) is 14.8. The number of methoxy groups -OCH3 is 1. The normalized spacial score (nSPS) is 30.8. The molecule has 1 spiro atoms. The predicted octanol–water partition coefficient (Wildman–Crippen LogP) is 4.76. The second kappa shape index (κ2) is 6.01. The summed E-state index contributed by atoms with van der Waals surface area (Å²) in [7, 11) is 1.76. The maximum absolute atomic E-state index is 6.84. The Labute approximate surface area is 178 Å². The molecular formula is C27H27NO2. The molecule has 2 fully saturated rings. The highest BCUT2D eigenvalue weighted by Crippen LogP contribution is 2.63. The lowest BCUT2D eigenvalue weighted by molar-refractivity contribution is 0.0997. The van der Waals surface area contributed by atoms with Crippen molar-refractivity contribution in [3.63, 3.8) is 0 Å². The molecule has 1 saturated heterocycles. The number of hydrogen-bond acceptors (Lipinski definition) is 3. The summed E-state index contributed by atoms with van der Waals surface area (Å²) in [5.74, 6) is 2.79. The summed E-state index contributed by atoms with van der Waals surface area (Å²) >= 11 is 0. The summed E-state index contributed by atoms with van der Waals surface area (Å²) < 4.78 is 12.6. The zero-order valence-electron chi connectivity index (χ0n) is 17.4. The van der Waals surface area contributed by atoms with Crippen molar-refractivity contribution in [1.82, 2.24) is 4.90 Å². The molecule has 30 heavy (non-hydrogen) atoms. The molecule has 3 heteroatoms. The number of likely N-dealkylation sites (tertiary alicyclic amines) is 1. The molecule has 3 atom stereocenters. The number of nitrogens with zero attached hydrogens (tertiary/aromatic N) is 1. The predicted molar refractivity (Wildman–Crippen MR) is 118 cm³/mol. The minimum absolute atomic E-state index is 0.0378. The second-order valence-corrected chi connectivity index (χ2v) is 9.62. The van der Waals surface area contributed by atoms with E-state index in [1.807, 2.05) is 0 Å². The molecule has 2 aromatic carbocycles. The van der Waals surface area contributed by atoms with Gasteiger partial charge in [-0.15, -0.1) is 0 Å². The number of hydrogen-bond donors (Lipinski definition) is 0. The average Bonchev–Trinajstić information content (AvgIpc) is 3.54. The molecule has 0 radical (unpaired) electrons. The number of benzene rings is 2. The van der Waals surface area contributed by atoms with Crippen LogP contribution in [0.3, 0.4) is 0 Å². The maximum atomic E-state index is 6.84. The van der Waals surface area contributed by atoms with E-state index in [2.05, 4.69) is 59.5 Å². The van der Waals surface area contributed by atoms with Crippen molar-refractivity contribution in [3.05, 3.63) is 76.9 Å². The molecule has 152 valence electrons. The summed E-state index contributed by atoms with van der Waals surface area (Å²) in [4.78, 5) is 2.78. The Morgan fingerprint density at radius 1 is 1.10 bits per heavy atom. The van der Waals surface area contributed by atoms with Crippen LogP contribution in [-0.2, 0) is 11.8 Å². The minimum atomic E-state index is -0.0396. The van der Waals surface area contributed by atoms with Crippen molar-refractivity contribution >= 4 is 5.57 Å². The molecule has 0 amide bonds. The van der Waals surface area contributed by atoms with Crippen LogP contribution in [0.25, 0.3) is 5.57 Å². The van der Waals surface area contributed by atoms with E-state index in [-0.39, 0.29) is 11.5 Å². The van der Waals surface area contributed by atoms with Crippen LogP contribution in [0.2, 0.25) is 0 Å². The molecule has 0 unspecified atom stereocenters. The van der Waals surface area contributed by atoms with Crippen molar-refractivity contribution in [2.75, 3.05) is 20.2 Å². The van der Waals surface area contributed by atoms with Gasteiger partial charge in [-0.25, -0.2) is 0 Å². The molecule has 2 heterocycles.